The number of thiazole rings is 1. The molecule has 41 heavy (non-hydrogen) atoms. The molecule has 1 aromatic rings. The maximum absolute atomic E-state index is 14.0. The van der Waals surface area contributed by atoms with E-state index >= 15 is 0 Å². The van der Waals surface area contributed by atoms with Crippen LogP contribution in [-0.4, -0.2) is 56.8 Å². The third kappa shape index (κ3) is 7.49. The van der Waals surface area contributed by atoms with E-state index < -0.39 is 23.0 Å². The van der Waals surface area contributed by atoms with Crippen LogP contribution in [0.4, 0.5) is 0 Å². The second-order valence-electron chi connectivity index (χ2n) is 14.9. The first-order valence-corrected chi connectivity index (χ1v) is 16.1. The van der Waals surface area contributed by atoms with Crippen molar-refractivity contribution in [3.63, 3.8) is 0 Å². The van der Waals surface area contributed by atoms with Crippen molar-refractivity contribution in [2.45, 2.75) is 138 Å². The van der Waals surface area contributed by atoms with Crippen molar-refractivity contribution in [3.05, 3.63) is 21.7 Å². The third-order valence-electron chi connectivity index (χ3n) is 10.7. The van der Waals surface area contributed by atoms with Crippen LogP contribution in [0.3, 0.4) is 0 Å². The predicted octanol–water partition coefficient (Wildman–Crippen LogP) is 6.10. The number of rotatable bonds is 2. The summed E-state index contributed by atoms with van der Waals surface area (Å²) >= 11 is 1.58. The van der Waals surface area contributed by atoms with Gasteiger partial charge in [0.15, 0.2) is 0 Å². The lowest BCUT2D eigenvalue weighted by Crippen LogP contribution is -2.52. The molecule has 1 aromatic heterocycles. The lowest BCUT2D eigenvalue weighted by atomic mass is 9.60. The standard InChI is InChI=1S/C33H54N2O5S/c1-19(15-23-18-41-22(4)34-23)24-16-26-33(11,40-26)14-12-13-30(5,6)20(2)28(38)21(3)31(7,8)29(39)32(9,10)25(36)17-27(37)35-24/h15,18,20-21,24-26,28,36,38H,12-14,16-17H2,1-11H3,(H,35,37)/b19-15+/t20-,21-,24+,25+,26+,28+,33-/m1/s1. The van der Waals surface area contributed by atoms with E-state index in [-0.39, 0.29) is 53.1 Å². The van der Waals surface area contributed by atoms with Gasteiger partial charge in [-0.2, -0.15) is 0 Å². The minimum absolute atomic E-state index is 0.00194. The molecule has 7 atom stereocenters. The van der Waals surface area contributed by atoms with Gasteiger partial charge in [-0.25, -0.2) is 4.98 Å². The fraction of sp³-hybridized carbons (Fsp3) is 0.788. The average Bonchev–Trinajstić information content (AvgIpc) is 3.31. The number of nitrogens with one attached hydrogen (secondary N) is 1. The number of fused-ring (bicyclic) bond motifs is 1. The number of ether oxygens (including phenoxy) is 1. The van der Waals surface area contributed by atoms with Crippen molar-refractivity contribution < 1.29 is 24.5 Å². The van der Waals surface area contributed by atoms with Crippen LogP contribution in [0.25, 0.3) is 6.08 Å². The molecule has 0 aromatic carbocycles. The summed E-state index contributed by atoms with van der Waals surface area (Å²) in [5, 5.41) is 28.9. The molecule has 0 aliphatic carbocycles. The van der Waals surface area contributed by atoms with Crippen molar-refractivity contribution >= 4 is 29.1 Å². The van der Waals surface area contributed by atoms with E-state index in [2.05, 4.69) is 38.0 Å². The topological polar surface area (TPSA) is 112 Å². The number of ketones is 1. The molecule has 1 amide bonds. The van der Waals surface area contributed by atoms with Crippen LogP contribution in [0.5, 0.6) is 0 Å². The van der Waals surface area contributed by atoms with Gasteiger partial charge in [0.1, 0.15) is 5.78 Å². The zero-order valence-corrected chi connectivity index (χ0v) is 27.9. The Morgan fingerprint density at radius 1 is 1.05 bits per heavy atom. The molecule has 3 N–H and O–H groups in total. The maximum Gasteiger partial charge on any atom is 0.223 e. The van der Waals surface area contributed by atoms with Gasteiger partial charge in [0.05, 0.1) is 52.5 Å². The number of aliphatic hydroxyl groups is 2. The molecule has 3 heterocycles. The summed E-state index contributed by atoms with van der Waals surface area (Å²) in [5.41, 5.74) is -0.663. The summed E-state index contributed by atoms with van der Waals surface area (Å²) in [6.07, 6.45) is 3.32. The minimum Gasteiger partial charge on any atom is -0.393 e. The largest absolute Gasteiger partial charge is 0.393 e. The molecule has 8 heteroatoms. The van der Waals surface area contributed by atoms with Crippen LogP contribution in [0.15, 0.2) is 11.0 Å². The first-order chi connectivity index (χ1) is 18.7. The Morgan fingerprint density at radius 2 is 1.68 bits per heavy atom. The maximum atomic E-state index is 14.0. The Bertz CT molecular complexity index is 1140. The molecule has 2 fully saturated rings. The number of hydrogen-bond donors (Lipinski definition) is 3. The number of hydrogen-bond acceptors (Lipinski definition) is 7. The van der Waals surface area contributed by atoms with Crippen LogP contribution in [0.1, 0.15) is 112 Å². The number of amides is 1. The van der Waals surface area contributed by atoms with E-state index in [4.69, 9.17) is 4.74 Å². The highest BCUT2D eigenvalue weighted by molar-refractivity contribution is 7.09. The molecule has 0 saturated carbocycles. The summed E-state index contributed by atoms with van der Waals surface area (Å²) in [5.74, 6) is -0.854. The molecular weight excluding hydrogens is 536 g/mol. The molecule has 3 rings (SSSR count). The molecule has 7 nitrogen and oxygen atoms in total. The van der Waals surface area contributed by atoms with Crippen LogP contribution < -0.4 is 5.32 Å². The van der Waals surface area contributed by atoms with Gasteiger partial charge in [0.25, 0.3) is 0 Å². The van der Waals surface area contributed by atoms with Crippen molar-refractivity contribution in [2.75, 3.05) is 0 Å². The quantitative estimate of drug-likeness (QED) is 0.359. The lowest BCUT2D eigenvalue weighted by Gasteiger charge is -2.45. The number of aromatic nitrogens is 1. The number of nitrogens with zero attached hydrogens (tertiary/aromatic N) is 1. The second kappa shape index (κ2) is 12.2. The molecule has 0 spiro atoms. The normalized spacial score (nSPS) is 37.0. The predicted molar refractivity (Wildman–Crippen MR) is 165 cm³/mol. The number of carbonyl (C=O) groups excluding carboxylic acids is 2. The van der Waals surface area contributed by atoms with E-state index in [9.17, 15) is 19.8 Å². The molecule has 0 bridgehead atoms. The molecule has 232 valence electrons. The van der Waals surface area contributed by atoms with Crippen LogP contribution in [-0.2, 0) is 14.3 Å². The zero-order chi connectivity index (χ0) is 31.1. The molecule has 0 unspecified atom stereocenters. The fourth-order valence-electron chi connectivity index (χ4n) is 6.48. The minimum atomic E-state index is -1.18. The van der Waals surface area contributed by atoms with Gasteiger partial charge in [-0.3, -0.25) is 9.59 Å². The first-order valence-electron chi connectivity index (χ1n) is 15.2. The summed E-state index contributed by atoms with van der Waals surface area (Å²) in [6, 6.07) is -0.288. The van der Waals surface area contributed by atoms with Gasteiger partial charge < -0.3 is 20.3 Å². The van der Waals surface area contributed by atoms with Crippen LogP contribution in [0.2, 0.25) is 0 Å². The molecular formula is C33H54N2O5S. The summed E-state index contributed by atoms with van der Waals surface area (Å²) in [4.78, 5) is 31.8. The smallest absolute Gasteiger partial charge is 0.223 e. The Labute approximate surface area is 251 Å². The van der Waals surface area contributed by atoms with E-state index in [0.29, 0.717) is 6.42 Å². The molecule has 2 aliphatic heterocycles. The van der Waals surface area contributed by atoms with Crippen molar-refractivity contribution in [2.24, 2.45) is 28.1 Å². The first kappa shape index (κ1) is 33.9. The monoisotopic (exact) mass is 590 g/mol. The Kier molecular flexibility index (Phi) is 10.1. The highest BCUT2D eigenvalue weighted by Gasteiger charge is 2.53. The average molecular weight is 591 g/mol. The number of epoxide rings is 1. The van der Waals surface area contributed by atoms with E-state index in [0.717, 1.165) is 35.5 Å². The van der Waals surface area contributed by atoms with Crippen LogP contribution >= 0.6 is 11.3 Å². The van der Waals surface area contributed by atoms with Gasteiger partial charge >= 0.3 is 0 Å². The number of aryl methyl sites for hydroxylation is 1. The van der Waals surface area contributed by atoms with Crippen molar-refractivity contribution in [1.29, 1.82) is 0 Å². The zero-order valence-electron chi connectivity index (χ0n) is 27.1. The lowest BCUT2D eigenvalue weighted by molar-refractivity contribution is -0.150. The third-order valence-corrected chi connectivity index (χ3v) is 11.4. The summed E-state index contributed by atoms with van der Waals surface area (Å²) < 4.78 is 6.23. The number of carbonyl (C=O) groups is 2. The van der Waals surface area contributed by atoms with Crippen molar-refractivity contribution in [1.82, 2.24) is 10.3 Å². The summed E-state index contributed by atoms with van der Waals surface area (Å²) in [7, 11) is 0. The number of aliphatic hydroxyl groups excluding tert-OH is 2. The highest BCUT2D eigenvalue weighted by Crippen LogP contribution is 2.47. The number of Topliss-reactive ketones (excluding diaryl/α,β-unsaturated/α-hetero) is 1. The second-order valence-corrected chi connectivity index (χ2v) is 15.9. The molecule has 0 radical (unpaired) electrons. The van der Waals surface area contributed by atoms with Crippen LogP contribution in [0, 0.1) is 35.0 Å². The van der Waals surface area contributed by atoms with E-state index in [1.165, 1.54) is 0 Å². The van der Waals surface area contributed by atoms with E-state index in [1.807, 2.05) is 46.1 Å². The Hall–Kier alpha value is -1.61. The van der Waals surface area contributed by atoms with Gasteiger partial charge in [0, 0.05) is 17.2 Å². The van der Waals surface area contributed by atoms with Gasteiger partial charge in [0.2, 0.25) is 5.91 Å². The SMILES string of the molecule is C/C(=C\c1csc(C)n1)[C@@H]1C[C@@H]2O[C@]2(C)CCCC(C)(C)[C@H](C)[C@H](O)[C@@H](C)C(C)(C)C(=O)C(C)(C)[C@@H](O)CC(=O)N1. The van der Waals surface area contributed by atoms with Gasteiger partial charge in [-0.15, -0.1) is 11.3 Å². The fourth-order valence-corrected chi connectivity index (χ4v) is 7.05. The van der Waals surface area contributed by atoms with Gasteiger partial charge in [-0.1, -0.05) is 55.4 Å². The Balaban J connectivity index is 1.94. The van der Waals surface area contributed by atoms with E-state index in [1.54, 1.807) is 25.2 Å². The molecule has 2 aliphatic rings. The van der Waals surface area contributed by atoms with Crippen molar-refractivity contribution in [3.8, 4) is 0 Å². The van der Waals surface area contributed by atoms with Gasteiger partial charge in [-0.05, 0) is 68.9 Å². The Morgan fingerprint density at radius 3 is 2.27 bits per heavy atom. The summed E-state index contributed by atoms with van der Waals surface area (Å²) in [6.45, 7) is 21.6. The highest BCUT2D eigenvalue weighted by atomic mass is 32.1. The molecule has 2 saturated heterocycles.